The number of thiophene rings is 1. The Hall–Kier alpha value is -2.51. The van der Waals surface area contributed by atoms with Gasteiger partial charge in [0.15, 0.2) is 0 Å². The van der Waals surface area contributed by atoms with E-state index in [1.807, 2.05) is 57.2 Å². The molecule has 1 atom stereocenters. The second-order valence-corrected chi connectivity index (χ2v) is 7.91. The molecule has 1 unspecified atom stereocenters. The van der Waals surface area contributed by atoms with Crippen LogP contribution < -0.4 is 5.32 Å². The maximum absolute atomic E-state index is 13.1. The smallest absolute Gasteiger partial charge is 0.322 e. The molecular formula is C20H24N4O2S. The van der Waals surface area contributed by atoms with Crippen LogP contribution in [0.4, 0.5) is 10.5 Å². The third-order valence-electron chi connectivity index (χ3n) is 4.50. The topological polar surface area (TPSA) is 78.4 Å². The van der Waals surface area contributed by atoms with Crippen molar-refractivity contribution in [2.75, 3.05) is 11.9 Å². The molecule has 0 saturated carbocycles. The van der Waals surface area contributed by atoms with Gasteiger partial charge in [-0.25, -0.2) is 4.79 Å². The molecule has 0 spiro atoms. The number of nitrogens with one attached hydrogen (secondary N) is 1. The minimum Gasteiger partial charge on any atom is -0.394 e. The van der Waals surface area contributed by atoms with Crippen molar-refractivity contribution in [1.29, 1.82) is 0 Å². The van der Waals surface area contributed by atoms with E-state index in [4.69, 9.17) is 0 Å². The predicted molar refractivity (Wildman–Crippen MR) is 109 cm³/mol. The molecule has 0 bridgehead atoms. The molecule has 6 nitrogen and oxygen atoms in total. The van der Waals surface area contributed by atoms with Crippen LogP contribution in [0, 0.1) is 13.8 Å². The Labute approximate surface area is 162 Å². The fourth-order valence-corrected chi connectivity index (χ4v) is 3.90. The molecule has 142 valence electrons. The van der Waals surface area contributed by atoms with Gasteiger partial charge in [0.05, 0.1) is 36.1 Å². The highest BCUT2D eigenvalue weighted by molar-refractivity contribution is 7.11. The molecule has 0 aliphatic carbocycles. The molecule has 2 amide bonds. The van der Waals surface area contributed by atoms with Gasteiger partial charge in [-0.15, -0.1) is 11.3 Å². The van der Waals surface area contributed by atoms with Gasteiger partial charge in [0, 0.05) is 15.1 Å². The number of hydrogen-bond donors (Lipinski definition) is 2. The fraction of sp³-hybridized carbons (Fsp3) is 0.350. The highest BCUT2D eigenvalue weighted by Crippen LogP contribution is 2.24. The molecule has 27 heavy (non-hydrogen) atoms. The monoisotopic (exact) mass is 384 g/mol. The minimum atomic E-state index is -0.246. The first-order valence-electron chi connectivity index (χ1n) is 8.98. The number of amides is 2. The summed E-state index contributed by atoms with van der Waals surface area (Å²) >= 11 is 1.66. The van der Waals surface area contributed by atoms with Gasteiger partial charge >= 0.3 is 6.03 Å². The van der Waals surface area contributed by atoms with Crippen LogP contribution in [-0.2, 0) is 6.54 Å². The molecule has 2 heterocycles. The molecule has 7 heteroatoms. The number of fused-ring (bicyclic) bond motifs is 1. The van der Waals surface area contributed by atoms with Crippen LogP contribution in [0.15, 0.2) is 36.4 Å². The Kier molecular flexibility index (Phi) is 6.03. The molecule has 1 aromatic carbocycles. The van der Waals surface area contributed by atoms with Crippen LogP contribution in [0.2, 0.25) is 0 Å². The molecular weight excluding hydrogens is 360 g/mol. The third-order valence-corrected chi connectivity index (χ3v) is 5.48. The number of rotatable bonds is 6. The number of aromatic nitrogens is 2. The van der Waals surface area contributed by atoms with Crippen LogP contribution in [0.25, 0.3) is 10.9 Å². The van der Waals surface area contributed by atoms with Gasteiger partial charge in [-0.2, -0.15) is 10.2 Å². The number of benzene rings is 1. The lowest BCUT2D eigenvalue weighted by Crippen LogP contribution is -2.43. The van der Waals surface area contributed by atoms with E-state index in [2.05, 4.69) is 15.5 Å². The number of aliphatic hydroxyl groups excluding tert-OH is 1. The first kappa shape index (κ1) is 19.3. The Morgan fingerprint density at radius 2 is 2.07 bits per heavy atom. The minimum absolute atomic E-state index is 0.0750. The molecule has 2 aromatic heterocycles. The lowest BCUT2D eigenvalue weighted by molar-refractivity contribution is 0.135. The Morgan fingerprint density at radius 3 is 2.74 bits per heavy atom. The second kappa shape index (κ2) is 8.45. The summed E-state index contributed by atoms with van der Waals surface area (Å²) in [5.41, 5.74) is 2.21. The lowest BCUT2D eigenvalue weighted by atomic mass is 10.1. The molecule has 3 aromatic rings. The number of hydrogen-bond acceptors (Lipinski definition) is 5. The van der Waals surface area contributed by atoms with E-state index in [0.717, 1.165) is 21.5 Å². The number of carbonyl (C=O) groups is 1. The predicted octanol–water partition coefficient (Wildman–Crippen LogP) is 4.11. The van der Waals surface area contributed by atoms with Crippen molar-refractivity contribution < 1.29 is 9.90 Å². The van der Waals surface area contributed by atoms with Gasteiger partial charge in [0.2, 0.25) is 0 Å². The summed E-state index contributed by atoms with van der Waals surface area (Å²) in [6.45, 7) is 6.27. The number of aliphatic hydroxyl groups is 1. The lowest BCUT2D eigenvalue weighted by Gasteiger charge is -2.30. The summed E-state index contributed by atoms with van der Waals surface area (Å²) in [5.74, 6) is 0. The first-order chi connectivity index (χ1) is 13.0. The largest absolute Gasteiger partial charge is 0.394 e. The number of aryl methyl sites for hydroxylation is 2. The SMILES string of the molecule is CCC(CO)N(Cc1ccc(C)s1)C(=O)Nc1cccc2nnc(C)cc12. The second-order valence-electron chi connectivity index (χ2n) is 6.54. The van der Waals surface area contributed by atoms with E-state index in [1.54, 1.807) is 16.2 Å². The summed E-state index contributed by atoms with van der Waals surface area (Å²) in [6, 6.07) is 11.1. The van der Waals surface area contributed by atoms with E-state index in [-0.39, 0.29) is 18.7 Å². The van der Waals surface area contributed by atoms with Gasteiger partial charge in [-0.3, -0.25) is 0 Å². The molecule has 3 rings (SSSR count). The Balaban J connectivity index is 1.89. The molecule has 0 saturated heterocycles. The molecule has 0 radical (unpaired) electrons. The van der Waals surface area contributed by atoms with Crippen LogP contribution in [0.3, 0.4) is 0 Å². The van der Waals surface area contributed by atoms with Crippen LogP contribution >= 0.6 is 11.3 Å². The van der Waals surface area contributed by atoms with Gasteiger partial charge < -0.3 is 15.3 Å². The maximum atomic E-state index is 13.1. The standard InChI is InChI=1S/C20H24N4O2S/c1-4-15(12-25)24(11-16-9-8-14(3)27-16)20(26)21-18-6-5-7-19-17(18)10-13(2)22-23-19/h5-10,15,25H,4,11-12H2,1-3H3,(H,21,26). The Bertz CT molecular complexity index is 937. The van der Waals surface area contributed by atoms with Crippen molar-refractivity contribution >= 4 is 34.0 Å². The quantitative estimate of drug-likeness (QED) is 0.670. The molecule has 2 N–H and O–H groups in total. The van der Waals surface area contributed by atoms with E-state index in [9.17, 15) is 9.90 Å². The number of anilines is 1. The summed E-state index contributed by atoms with van der Waals surface area (Å²) < 4.78 is 0. The summed E-state index contributed by atoms with van der Waals surface area (Å²) in [4.78, 5) is 17.1. The molecule has 0 fully saturated rings. The number of carbonyl (C=O) groups excluding carboxylic acids is 1. The zero-order chi connectivity index (χ0) is 19.4. The van der Waals surface area contributed by atoms with Crippen LogP contribution in [0.1, 0.15) is 28.8 Å². The highest BCUT2D eigenvalue weighted by Gasteiger charge is 2.23. The fourth-order valence-electron chi connectivity index (χ4n) is 3.01. The van der Waals surface area contributed by atoms with Gasteiger partial charge in [-0.1, -0.05) is 13.0 Å². The van der Waals surface area contributed by atoms with Gasteiger partial charge in [0.25, 0.3) is 0 Å². The zero-order valence-corrected chi connectivity index (χ0v) is 16.6. The normalized spacial score (nSPS) is 12.1. The summed E-state index contributed by atoms with van der Waals surface area (Å²) in [7, 11) is 0. The average Bonchev–Trinajstić information content (AvgIpc) is 3.07. The van der Waals surface area contributed by atoms with Crippen molar-refractivity contribution in [3.63, 3.8) is 0 Å². The van der Waals surface area contributed by atoms with Crippen molar-refractivity contribution in [3.8, 4) is 0 Å². The average molecular weight is 385 g/mol. The zero-order valence-electron chi connectivity index (χ0n) is 15.8. The number of nitrogens with zero attached hydrogens (tertiary/aromatic N) is 3. The van der Waals surface area contributed by atoms with E-state index in [1.165, 1.54) is 4.88 Å². The van der Waals surface area contributed by atoms with Crippen molar-refractivity contribution in [3.05, 3.63) is 51.8 Å². The van der Waals surface area contributed by atoms with Gasteiger partial charge in [-0.05, 0) is 50.6 Å². The van der Waals surface area contributed by atoms with Crippen LogP contribution in [-0.4, -0.2) is 38.9 Å². The third kappa shape index (κ3) is 4.43. The van der Waals surface area contributed by atoms with E-state index >= 15 is 0 Å². The van der Waals surface area contributed by atoms with Crippen molar-refractivity contribution in [2.45, 2.75) is 39.8 Å². The summed E-state index contributed by atoms with van der Waals surface area (Å²) in [5, 5.41) is 21.9. The highest BCUT2D eigenvalue weighted by atomic mass is 32.1. The van der Waals surface area contributed by atoms with E-state index in [0.29, 0.717) is 18.7 Å². The maximum Gasteiger partial charge on any atom is 0.322 e. The summed E-state index contributed by atoms with van der Waals surface area (Å²) in [6.07, 6.45) is 0.675. The number of urea groups is 1. The van der Waals surface area contributed by atoms with Crippen molar-refractivity contribution in [2.24, 2.45) is 0 Å². The van der Waals surface area contributed by atoms with Gasteiger partial charge in [0.1, 0.15) is 0 Å². The van der Waals surface area contributed by atoms with Crippen LogP contribution in [0.5, 0.6) is 0 Å². The Morgan fingerprint density at radius 1 is 1.26 bits per heavy atom. The van der Waals surface area contributed by atoms with Crippen molar-refractivity contribution in [1.82, 2.24) is 15.1 Å². The van der Waals surface area contributed by atoms with E-state index < -0.39 is 0 Å². The first-order valence-corrected chi connectivity index (χ1v) is 9.80. The molecule has 0 aliphatic heterocycles. The molecule has 0 aliphatic rings.